The van der Waals surface area contributed by atoms with Gasteiger partial charge in [-0.05, 0) is 75.0 Å². The summed E-state index contributed by atoms with van der Waals surface area (Å²) < 4.78 is 0. The second-order valence-electron chi connectivity index (χ2n) is 9.56. The Balaban J connectivity index is 2.20. The Kier molecular flexibility index (Phi) is 11.6. The van der Waals surface area contributed by atoms with Crippen molar-refractivity contribution in [3.8, 4) is 0 Å². The summed E-state index contributed by atoms with van der Waals surface area (Å²) in [5.74, 6) is -6.60. The zero-order valence-corrected chi connectivity index (χ0v) is 23.6. The topological polar surface area (TPSA) is 220 Å². The molecule has 0 radical (unpaired) electrons. The predicted octanol–water partition coefficient (Wildman–Crippen LogP) is 2.09. The first-order chi connectivity index (χ1) is 19.3. The van der Waals surface area contributed by atoms with Crippen LogP contribution in [0.4, 0.5) is 16.2 Å². The summed E-state index contributed by atoms with van der Waals surface area (Å²) in [5.41, 5.74) is 5.08. The number of anilines is 2. The van der Waals surface area contributed by atoms with Crippen LogP contribution >= 0.6 is 12.2 Å². The number of nitrogens with two attached hydrogens (primary N) is 1. The smallest absolute Gasteiger partial charge is 0.335 e. The molecular weight excluding hydrogens is 558 g/mol. The van der Waals surface area contributed by atoms with Crippen molar-refractivity contribution in [3.63, 3.8) is 0 Å². The number of nitrogens with zero attached hydrogens (tertiary/aromatic N) is 2. The summed E-state index contributed by atoms with van der Waals surface area (Å²) >= 11 is 5.24. The Morgan fingerprint density at radius 2 is 1.41 bits per heavy atom. The minimum atomic E-state index is -1.90. The lowest BCUT2D eigenvalue weighted by molar-refractivity contribution is -0.170. The van der Waals surface area contributed by atoms with E-state index >= 15 is 0 Å². The van der Waals surface area contributed by atoms with Crippen molar-refractivity contribution in [2.45, 2.75) is 70.9 Å². The van der Waals surface area contributed by atoms with Crippen LogP contribution in [0.25, 0.3) is 0 Å². The number of thiocarbonyl (C=S) groups is 1. The molecule has 0 saturated carbocycles. The molecule has 7 N–H and O–H groups in total. The summed E-state index contributed by atoms with van der Waals surface area (Å²) in [7, 11) is 0. The Hall–Kier alpha value is -4.27. The number of carbonyl (C=O) groups is 6. The van der Waals surface area contributed by atoms with E-state index in [1.54, 1.807) is 24.3 Å². The first-order valence-electron chi connectivity index (χ1n) is 13.1. The van der Waals surface area contributed by atoms with Crippen LogP contribution in [0, 0.1) is 5.41 Å². The van der Waals surface area contributed by atoms with E-state index in [0.29, 0.717) is 39.3 Å². The number of barbiturate groups is 1. The highest BCUT2D eigenvalue weighted by Gasteiger charge is 2.59. The summed E-state index contributed by atoms with van der Waals surface area (Å²) in [6.07, 6.45) is -1.08. The van der Waals surface area contributed by atoms with Gasteiger partial charge in [-0.1, -0.05) is 13.8 Å². The molecule has 41 heavy (non-hydrogen) atoms. The van der Waals surface area contributed by atoms with Crippen molar-refractivity contribution in [3.05, 3.63) is 24.3 Å². The molecular formula is C26H35N5O9S. The van der Waals surface area contributed by atoms with Gasteiger partial charge in [0.05, 0.1) is 0 Å². The molecule has 15 heteroatoms. The molecule has 1 fully saturated rings. The van der Waals surface area contributed by atoms with E-state index in [0.717, 1.165) is 0 Å². The minimum Gasteiger partial charge on any atom is -0.481 e. The molecule has 224 valence electrons. The van der Waals surface area contributed by atoms with Gasteiger partial charge in [-0.3, -0.25) is 14.4 Å². The summed E-state index contributed by atoms with van der Waals surface area (Å²) in [5, 5.41) is 35.0. The number of nitrogens with one attached hydrogen (secondary N) is 2. The van der Waals surface area contributed by atoms with Gasteiger partial charge in [-0.25, -0.2) is 24.2 Å². The highest BCUT2D eigenvalue weighted by molar-refractivity contribution is 7.80. The summed E-state index contributed by atoms with van der Waals surface area (Å²) in [4.78, 5) is 76.7. The van der Waals surface area contributed by atoms with Crippen molar-refractivity contribution >= 4 is 64.5 Å². The van der Waals surface area contributed by atoms with Crippen LogP contribution in [-0.4, -0.2) is 84.6 Å². The van der Waals surface area contributed by atoms with Gasteiger partial charge in [0, 0.05) is 24.3 Å². The van der Waals surface area contributed by atoms with Crippen molar-refractivity contribution in [2.24, 2.45) is 5.41 Å². The lowest BCUT2D eigenvalue weighted by Crippen LogP contribution is -2.70. The van der Waals surface area contributed by atoms with Gasteiger partial charge in [-0.15, -0.1) is 0 Å². The Labute approximate surface area is 241 Å². The molecule has 1 heterocycles. The molecule has 1 aromatic carbocycles. The SMILES string of the molecule is CCC1(CC)C(=O)N([C@@H](CCCCNC(=S)Nc2ccc(N)cc2)C(=O)O)C(=O)N([C@@H](CCC(=O)O)C(=O)O)C1=O. The number of amides is 4. The number of hydrogen-bond acceptors (Lipinski definition) is 8. The van der Waals surface area contributed by atoms with Crippen molar-refractivity contribution in [2.75, 3.05) is 17.6 Å². The highest BCUT2D eigenvalue weighted by atomic mass is 32.1. The van der Waals surface area contributed by atoms with Crippen LogP contribution in [0.15, 0.2) is 24.3 Å². The molecule has 14 nitrogen and oxygen atoms in total. The number of unbranched alkanes of at least 4 members (excludes halogenated alkanes) is 1. The Bertz CT molecular complexity index is 1190. The molecule has 1 aliphatic heterocycles. The average molecular weight is 594 g/mol. The van der Waals surface area contributed by atoms with Crippen LogP contribution < -0.4 is 16.4 Å². The first-order valence-corrected chi connectivity index (χ1v) is 13.5. The number of nitrogen functional groups attached to an aromatic ring is 1. The lowest BCUT2D eigenvalue weighted by atomic mass is 9.77. The molecule has 0 aromatic heterocycles. The number of aliphatic carboxylic acids is 3. The minimum absolute atomic E-state index is 0.124. The van der Waals surface area contributed by atoms with E-state index in [4.69, 9.17) is 23.1 Å². The average Bonchev–Trinajstić information content (AvgIpc) is 2.90. The monoisotopic (exact) mass is 593 g/mol. The fraction of sp³-hybridized carbons (Fsp3) is 0.500. The van der Waals surface area contributed by atoms with E-state index in [1.807, 2.05) is 0 Å². The lowest BCUT2D eigenvalue weighted by Gasteiger charge is -2.46. The summed E-state index contributed by atoms with van der Waals surface area (Å²) in [6, 6.07) is 1.91. The standard InChI is InChI=1S/C26H35N5O9S/c1-3-26(4-2)22(38)30(25(40)31(23(26)39)18(21(36)37)12-13-19(32)33)17(20(34)35)7-5-6-14-28-24(41)29-16-10-8-15(27)9-11-16/h8-11,17-18H,3-7,12-14,27H2,1-2H3,(H,32,33)(H,34,35)(H,36,37)(H2,28,29,41)/t17-,18-/m0/s1. The van der Waals surface area contributed by atoms with Crippen LogP contribution in [0.2, 0.25) is 0 Å². The van der Waals surface area contributed by atoms with Crippen molar-refractivity contribution in [1.29, 1.82) is 0 Å². The van der Waals surface area contributed by atoms with Crippen LogP contribution in [0.1, 0.15) is 58.8 Å². The quantitative estimate of drug-likeness (QED) is 0.0743. The fourth-order valence-electron chi connectivity index (χ4n) is 4.64. The molecule has 1 saturated heterocycles. The molecule has 2 atom stereocenters. The number of benzene rings is 1. The summed E-state index contributed by atoms with van der Waals surface area (Å²) in [6.45, 7) is 3.34. The van der Waals surface area contributed by atoms with E-state index in [2.05, 4.69) is 10.6 Å². The van der Waals surface area contributed by atoms with Crippen LogP contribution in [0.3, 0.4) is 0 Å². The third-order valence-electron chi connectivity index (χ3n) is 7.06. The van der Waals surface area contributed by atoms with Gasteiger partial charge in [0.1, 0.15) is 17.5 Å². The first kappa shape index (κ1) is 32.9. The Morgan fingerprint density at radius 1 is 0.902 bits per heavy atom. The number of urea groups is 1. The zero-order chi connectivity index (χ0) is 30.9. The van der Waals surface area contributed by atoms with E-state index in [-0.39, 0.29) is 25.7 Å². The third-order valence-corrected chi connectivity index (χ3v) is 7.31. The maximum Gasteiger partial charge on any atom is 0.335 e. The van der Waals surface area contributed by atoms with Gasteiger partial charge < -0.3 is 31.7 Å². The fourth-order valence-corrected chi connectivity index (χ4v) is 4.86. The van der Waals surface area contributed by atoms with Gasteiger partial charge in [0.15, 0.2) is 5.11 Å². The van der Waals surface area contributed by atoms with E-state index in [1.165, 1.54) is 13.8 Å². The number of imide groups is 2. The molecule has 0 unspecified atom stereocenters. The van der Waals surface area contributed by atoms with Crippen molar-refractivity contribution < 1.29 is 44.1 Å². The number of carbonyl (C=O) groups excluding carboxylic acids is 3. The zero-order valence-electron chi connectivity index (χ0n) is 22.8. The van der Waals surface area contributed by atoms with Gasteiger partial charge in [0.25, 0.3) is 0 Å². The predicted molar refractivity (Wildman–Crippen MR) is 151 cm³/mol. The van der Waals surface area contributed by atoms with Gasteiger partial charge >= 0.3 is 23.9 Å². The molecule has 0 bridgehead atoms. The maximum absolute atomic E-state index is 13.6. The van der Waals surface area contributed by atoms with E-state index in [9.17, 15) is 39.0 Å². The molecule has 2 rings (SSSR count). The van der Waals surface area contributed by atoms with Crippen molar-refractivity contribution in [1.82, 2.24) is 15.1 Å². The largest absolute Gasteiger partial charge is 0.481 e. The van der Waals surface area contributed by atoms with E-state index < -0.39 is 66.1 Å². The normalized spacial score (nSPS) is 16.2. The molecule has 1 aliphatic rings. The highest BCUT2D eigenvalue weighted by Crippen LogP contribution is 2.39. The molecule has 0 spiro atoms. The maximum atomic E-state index is 13.6. The number of hydrogen-bond donors (Lipinski definition) is 6. The third kappa shape index (κ3) is 7.68. The number of carboxylic acids is 3. The second-order valence-corrected chi connectivity index (χ2v) is 9.97. The van der Waals surface area contributed by atoms with Gasteiger partial charge in [-0.2, -0.15) is 0 Å². The molecule has 0 aliphatic carbocycles. The number of carboxylic acid groups (broad SMARTS) is 3. The molecule has 4 amide bonds. The van der Waals surface area contributed by atoms with Crippen LogP contribution in [-0.2, 0) is 24.0 Å². The van der Waals surface area contributed by atoms with Gasteiger partial charge in [0.2, 0.25) is 11.8 Å². The second kappa shape index (κ2) is 14.4. The number of rotatable bonds is 15. The Morgan fingerprint density at radius 3 is 1.88 bits per heavy atom. The van der Waals surface area contributed by atoms with Crippen LogP contribution in [0.5, 0.6) is 0 Å². The molecule has 1 aromatic rings.